The van der Waals surface area contributed by atoms with E-state index in [1.807, 2.05) is 0 Å². The molecule has 108 valence electrons. The van der Waals surface area contributed by atoms with Gasteiger partial charge in [-0.3, -0.25) is 0 Å². The zero-order chi connectivity index (χ0) is 14.1. The molecular weight excluding hydrogens is 248 g/mol. The predicted octanol–water partition coefficient (Wildman–Crippen LogP) is 2.69. The van der Waals surface area contributed by atoms with Crippen LogP contribution in [0.15, 0.2) is 18.2 Å². The van der Waals surface area contributed by atoms with E-state index in [9.17, 15) is 5.11 Å². The lowest BCUT2D eigenvalue weighted by atomic mass is 9.90. The van der Waals surface area contributed by atoms with E-state index in [-0.39, 0.29) is 12.6 Å². The van der Waals surface area contributed by atoms with Crippen molar-refractivity contribution < 1.29 is 5.11 Å². The molecule has 0 bridgehead atoms. The fraction of sp³-hybridized carbons (Fsp3) is 0.529. The highest BCUT2D eigenvalue weighted by molar-refractivity contribution is 5.85. The Morgan fingerprint density at radius 2 is 2.30 bits per heavy atom. The first-order chi connectivity index (χ1) is 9.71. The second-order valence-electron chi connectivity index (χ2n) is 6.03. The molecule has 0 radical (unpaired) electrons. The summed E-state index contributed by atoms with van der Waals surface area (Å²) in [7, 11) is 0. The minimum Gasteiger partial charge on any atom is -0.395 e. The van der Waals surface area contributed by atoms with Gasteiger partial charge in [0.05, 0.1) is 6.61 Å². The Morgan fingerprint density at radius 3 is 3.05 bits per heavy atom. The molecule has 0 amide bonds. The van der Waals surface area contributed by atoms with Gasteiger partial charge in [0.25, 0.3) is 0 Å². The number of aliphatic hydroxyl groups excluding tert-OH is 1. The third-order valence-corrected chi connectivity index (χ3v) is 4.53. The number of hydrogen-bond acceptors (Lipinski definition) is 2. The van der Waals surface area contributed by atoms with Crippen LogP contribution in [-0.4, -0.2) is 28.8 Å². The monoisotopic (exact) mass is 272 g/mol. The number of aromatic nitrogens is 1. The molecular formula is C17H24N2O. The van der Waals surface area contributed by atoms with Crippen molar-refractivity contribution in [2.45, 2.75) is 51.6 Å². The van der Waals surface area contributed by atoms with Gasteiger partial charge in [0.1, 0.15) is 0 Å². The first-order valence-electron chi connectivity index (χ1n) is 7.68. The van der Waals surface area contributed by atoms with Gasteiger partial charge in [0, 0.05) is 28.7 Å². The van der Waals surface area contributed by atoms with E-state index >= 15 is 0 Å². The van der Waals surface area contributed by atoms with Gasteiger partial charge in [-0.2, -0.15) is 0 Å². The van der Waals surface area contributed by atoms with Crippen LogP contribution in [0.3, 0.4) is 0 Å². The maximum atomic E-state index is 9.35. The maximum Gasteiger partial charge on any atom is 0.0584 e. The molecule has 2 unspecified atom stereocenters. The van der Waals surface area contributed by atoms with Crippen LogP contribution in [0.4, 0.5) is 0 Å². The van der Waals surface area contributed by atoms with Crippen molar-refractivity contribution in [3.05, 3.63) is 35.0 Å². The summed E-state index contributed by atoms with van der Waals surface area (Å²) in [5, 5.41) is 14.3. The number of rotatable bonds is 4. The van der Waals surface area contributed by atoms with Crippen molar-refractivity contribution in [3.8, 4) is 0 Å². The van der Waals surface area contributed by atoms with Crippen LogP contribution in [0.25, 0.3) is 10.9 Å². The average Bonchev–Trinajstić information content (AvgIpc) is 2.82. The SMILES string of the molecule is CCC(CO)NC1CCc2[nH]c3ccc(C)cc3c2C1. The van der Waals surface area contributed by atoms with Crippen molar-refractivity contribution in [2.75, 3.05) is 6.61 Å². The highest BCUT2D eigenvalue weighted by Crippen LogP contribution is 2.30. The Labute approximate surface area is 120 Å². The van der Waals surface area contributed by atoms with E-state index in [1.165, 1.54) is 27.7 Å². The van der Waals surface area contributed by atoms with Gasteiger partial charge in [-0.15, -0.1) is 0 Å². The maximum absolute atomic E-state index is 9.35. The molecule has 20 heavy (non-hydrogen) atoms. The molecule has 0 aliphatic heterocycles. The molecule has 3 N–H and O–H groups in total. The molecule has 3 rings (SSSR count). The predicted molar refractivity (Wildman–Crippen MR) is 83.1 cm³/mol. The van der Waals surface area contributed by atoms with Crippen molar-refractivity contribution in [1.82, 2.24) is 10.3 Å². The van der Waals surface area contributed by atoms with Crippen molar-refractivity contribution in [1.29, 1.82) is 0 Å². The topological polar surface area (TPSA) is 48.0 Å². The van der Waals surface area contributed by atoms with Gasteiger partial charge in [-0.05, 0) is 50.3 Å². The molecule has 0 saturated carbocycles. The molecule has 0 saturated heterocycles. The first kappa shape index (κ1) is 13.7. The second-order valence-corrected chi connectivity index (χ2v) is 6.03. The van der Waals surface area contributed by atoms with Crippen molar-refractivity contribution >= 4 is 10.9 Å². The average molecular weight is 272 g/mol. The number of aryl methyl sites for hydroxylation is 2. The second kappa shape index (κ2) is 5.58. The molecule has 1 aromatic heterocycles. The number of fused-ring (bicyclic) bond motifs is 3. The highest BCUT2D eigenvalue weighted by atomic mass is 16.3. The Balaban J connectivity index is 1.86. The summed E-state index contributed by atoms with van der Waals surface area (Å²) in [5.74, 6) is 0. The van der Waals surface area contributed by atoms with Crippen LogP contribution in [-0.2, 0) is 12.8 Å². The van der Waals surface area contributed by atoms with Crippen LogP contribution < -0.4 is 5.32 Å². The Bertz CT molecular complexity index is 598. The molecule has 1 heterocycles. The molecule has 2 atom stereocenters. The van der Waals surface area contributed by atoms with Gasteiger partial charge in [0.2, 0.25) is 0 Å². The molecule has 0 fully saturated rings. The molecule has 1 aliphatic rings. The van der Waals surface area contributed by atoms with Gasteiger partial charge in [-0.1, -0.05) is 18.6 Å². The van der Waals surface area contributed by atoms with E-state index < -0.39 is 0 Å². The third kappa shape index (κ3) is 2.48. The summed E-state index contributed by atoms with van der Waals surface area (Å²) in [6.07, 6.45) is 4.29. The van der Waals surface area contributed by atoms with Crippen molar-refractivity contribution in [2.24, 2.45) is 0 Å². The smallest absolute Gasteiger partial charge is 0.0584 e. The minimum atomic E-state index is 0.229. The number of benzene rings is 1. The summed E-state index contributed by atoms with van der Waals surface area (Å²) >= 11 is 0. The van der Waals surface area contributed by atoms with Crippen LogP contribution in [0.2, 0.25) is 0 Å². The summed E-state index contributed by atoms with van der Waals surface area (Å²) in [6.45, 7) is 4.50. The Kier molecular flexibility index (Phi) is 3.81. The Morgan fingerprint density at radius 1 is 1.45 bits per heavy atom. The summed E-state index contributed by atoms with van der Waals surface area (Å²) in [6, 6.07) is 7.36. The van der Waals surface area contributed by atoms with E-state index in [0.717, 1.165) is 25.7 Å². The molecule has 2 aromatic rings. The van der Waals surface area contributed by atoms with Gasteiger partial charge in [0.15, 0.2) is 0 Å². The molecule has 1 aliphatic carbocycles. The summed E-state index contributed by atoms with van der Waals surface area (Å²) in [4.78, 5) is 3.57. The number of H-pyrrole nitrogens is 1. The zero-order valence-electron chi connectivity index (χ0n) is 12.4. The van der Waals surface area contributed by atoms with E-state index in [4.69, 9.17) is 0 Å². The van der Waals surface area contributed by atoms with Crippen molar-refractivity contribution in [3.63, 3.8) is 0 Å². The molecule has 3 nitrogen and oxygen atoms in total. The third-order valence-electron chi connectivity index (χ3n) is 4.53. The van der Waals surface area contributed by atoms with Crippen LogP contribution in [0.5, 0.6) is 0 Å². The van der Waals surface area contributed by atoms with Gasteiger partial charge < -0.3 is 15.4 Å². The molecule has 0 spiro atoms. The van der Waals surface area contributed by atoms with E-state index in [1.54, 1.807) is 0 Å². The van der Waals surface area contributed by atoms with Gasteiger partial charge in [-0.25, -0.2) is 0 Å². The fourth-order valence-electron chi connectivity index (χ4n) is 3.31. The molecule has 3 heteroatoms. The van der Waals surface area contributed by atoms with E-state index in [0.29, 0.717) is 6.04 Å². The largest absolute Gasteiger partial charge is 0.395 e. The number of aliphatic hydroxyl groups is 1. The Hall–Kier alpha value is -1.32. The lowest BCUT2D eigenvalue weighted by Gasteiger charge is -2.27. The normalized spacial score (nSPS) is 20.1. The fourth-order valence-corrected chi connectivity index (χ4v) is 3.31. The lowest BCUT2D eigenvalue weighted by molar-refractivity contribution is 0.223. The standard InChI is InChI=1S/C17H24N2O/c1-3-12(10-20)18-13-5-7-17-15(9-13)14-8-11(2)4-6-16(14)19-17/h4,6,8,12-13,18-20H,3,5,7,9-10H2,1-2H3. The first-order valence-corrected chi connectivity index (χ1v) is 7.68. The van der Waals surface area contributed by atoms with Crippen LogP contribution >= 0.6 is 0 Å². The summed E-state index contributed by atoms with van der Waals surface area (Å²) < 4.78 is 0. The quantitative estimate of drug-likeness (QED) is 0.801. The number of nitrogens with one attached hydrogen (secondary N) is 2. The van der Waals surface area contributed by atoms with E-state index in [2.05, 4.69) is 42.3 Å². The van der Waals surface area contributed by atoms with Crippen LogP contribution in [0.1, 0.15) is 36.6 Å². The van der Waals surface area contributed by atoms with Gasteiger partial charge >= 0.3 is 0 Å². The number of hydrogen-bond donors (Lipinski definition) is 3. The lowest BCUT2D eigenvalue weighted by Crippen LogP contribution is -2.43. The van der Waals surface area contributed by atoms with Crippen LogP contribution in [0, 0.1) is 6.92 Å². The zero-order valence-corrected chi connectivity index (χ0v) is 12.4. The molecule has 1 aromatic carbocycles. The highest BCUT2D eigenvalue weighted by Gasteiger charge is 2.23. The summed E-state index contributed by atoms with van der Waals surface area (Å²) in [5.41, 5.74) is 5.45. The number of aromatic amines is 1. The minimum absolute atomic E-state index is 0.229.